The number of carbonyl (C=O) groups is 1. The van der Waals surface area contributed by atoms with Gasteiger partial charge in [0.15, 0.2) is 0 Å². The molecular weight excluding hydrogens is 190 g/mol. The zero-order valence-corrected chi connectivity index (χ0v) is 9.33. The van der Waals surface area contributed by atoms with E-state index in [0.29, 0.717) is 24.4 Å². The normalized spacial score (nSPS) is 9.73. The van der Waals surface area contributed by atoms with Gasteiger partial charge in [-0.1, -0.05) is 5.92 Å². The van der Waals surface area contributed by atoms with Gasteiger partial charge < -0.3 is 9.32 Å². The molecule has 0 radical (unpaired) electrons. The lowest BCUT2D eigenvalue weighted by Crippen LogP contribution is -2.31. The molecule has 0 saturated carbocycles. The molecule has 0 fully saturated rings. The van der Waals surface area contributed by atoms with E-state index in [0.717, 1.165) is 5.76 Å². The summed E-state index contributed by atoms with van der Waals surface area (Å²) in [5.41, 5.74) is 0.601. The number of carbonyl (C=O) groups excluding carboxylic acids is 1. The van der Waals surface area contributed by atoms with Crippen LogP contribution >= 0.6 is 0 Å². The Morgan fingerprint density at radius 3 is 2.67 bits per heavy atom. The lowest BCUT2D eigenvalue weighted by atomic mass is 10.2. The molecule has 0 aliphatic carbocycles. The van der Waals surface area contributed by atoms with Gasteiger partial charge in [0.1, 0.15) is 11.5 Å². The van der Waals surface area contributed by atoms with Crippen molar-refractivity contribution in [2.45, 2.75) is 20.8 Å². The van der Waals surface area contributed by atoms with Crippen molar-refractivity contribution in [1.82, 2.24) is 4.90 Å². The second-order valence-electron chi connectivity index (χ2n) is 3.35. The number of furan rings is 1. The molecule has 1 aromatic heterocycles. The number of hydrogen-bond donors (Lipinski definition) is 0. The molecule has 0 aliphatic heterocycles. The summed E-state index contributed by atoms with van der Waals surface area (Å²) in [7, 11) is 0. The number of nitrogens with zero attached hydrogens (tertiary/aromatic N) is 1. The monoisotopic (exact) mass is 205 g/mol. The third-order valence-corrected chi connectivity index (χ3v) is 2.22. The summed E-state index contributed by atoms with van der Waals surface area (Å²) in [5, 5.41) is 0. The maximum atomic E-state index is 12.0. The molecule has 0 aliphatic rings. The van der Waals surface area contributed by atoms with Gasteiger partial charge in [-0.3, -0.25) is 4.79 Å². The molecule has 3 nitrogen and oxygen atoms in total. The van der Waals surface area contributed by atoms with Crippen LogP contribution in [0.1, 0.15) is 28.8 Å². The number of terminal acetylenes is 1. The van der Waals surface area contributed by atoms with E-state index in [1.807, 2.05) is 13.8 Å². The fourth-order valence-corrected chi connectivity index (χ4v) is 1.45. The molecule has 0 bridgehead atoms. The average molecular weight is 205 g/mol. The summed E-state index contributed by atoms with van der Waals surface area (Å²) in [6.45, 7) is 6.44. The Labute approximate surface area is 90.1 Å². The van der Waals surface area contributed by atoms with Gasteiger partial charge in [0.05, 0.1) is 12.1 Å². The quantitative estimate of drug-likeness (QED) is 0.707. The molecule has 0 unspecified atom stereocenters. The predicted molar refractivity (Wildman–Crippen MR) is 58.6 cm³/mol. The van der Waals surface area contributed by atoms with Crippen LogP contribution in [0.4, 0.5) is 0 Å². The van der Waals surface area contributed by atoms with E-state index in [1.165, 1.54) is 0 Å². The van der Waals surface area contributed by atoms with E-state index in [4.69, 9.17) is 10.8 Å². The first-order chi connectivity index (χ1) is 7.10. The molecule has 0 spiro atoms. The molecule has 1 rings (SSSR count). The number of amides is 1. The zero-order chi connectivity index (χ0) is 11.4. The highest BCUT2D eigenvalue weighted by Gasteiger charge is 2.18. The highest BCUT2D eigenvalue weighted by Crippen LogP contribution is 2.15. The Morgan fingerprint density at radius 1 is 1.60 bits per heavy atom. The highest BCUT2D eigenvalue weighted by molar-refractivity contribution is 5.95. The van der Waals surface area contributed by atoms with Gasteiger partial charge in [-0.15, -0.1) is 6.42 Å². The Kier molecular flexibility index (Phi) is 3.56. The SMILES string of the molecule is C#CCN(CC)C(=O)c1cc(C)oc1C. The van der Waals surface area contributed by atoms with E-state index >= 15 is 0 Å². The number of rotatable bonds is 3. The summed E-state index contributed by atoms with van der Waals surface area (Å²) in [6.07, 6.45) is 5.20. The Bertz CT molecular complexity index is 398. The molecule has 0 atom stereocenters. The smallest absolute Gasteiger partial charge is 0.258 e. The van der Waals surface area contributed by atoms with Gasteiger partial charge >= 0.3 is 0 Å². The van der Waals surface area contributed by atoms with Crippen molar-refractivity contribution in [1.29, 1.82) is 0 Å². The molecule has 1 aromatic rings. The van der Waals surface area contributed by atoms with Crippen LogP contribution < -0.4 is 0 Å². The summed E-state index contributed by atoms with van der Waals surface area (Å²) in [5.74, 6) is 3.79. The van der Waals surface area contributed by atoms with Gasteiger partial charge in [0, 0.05) is 6.54 Å². The summed E-state index contributed by atoms with van der Waals surface area (Å²) >= 11 is 0. The van der Waals surface area contributed by atoms with Crippen LogP contribution in [-0.2, 0) is 0 Å². The predicted octanol–water partition coefficient (Wildman–Crippen LogP) is 1.99. The third kappa shape index (κ3) is 2.41. The molecule has 1 heterocycles. The Hall–Kier alpha value is -1.69. The van der Waals surface area contributed by atoms with E-state index < -0.39 is 0 Å². The standard InChI is InChI=1S/C12H15NO2/c1-5-7-13(6-2)12(14)11-8-9(3)15-10(11)4/h1,8H,6-7H2,2-4H3. The molecule has 0 N–H and O–H groups in total. The third-order valence-electron chi connectivity index (χ3n) is 2.22. The molecule has 0 aromatic carbocycles. The fraction of sp³-hybridized carbons (Fsp3) is 0.417. The van der Waals surface area contributed by atoms with E-state index in [1.54, 1.807) is 17.9 Å². The van der Waals surface area contributed by atoms with Gasteiger partial charge in [0.2, 0.25) is 0 Å². The second kappa shape index (κ2) is 4.70. The van der Waals surface area contributed by atoms with E-state index in [2.05, 4.69) is 5.92 Å². The fourth-order valence-electron chi connectivity index (χ4n) is 1.45. The summed E-state index contributed by atoms with van der Waals surface area (Å²) in [4.78, 5) is 13.6. The van der Waals surface area contributed by atoms with Crippen molar-refractivity contribution in [2.75, 3.05) is 13.1 Å². The van der Waals surface area contributed by atoms with Crippen molar-refractivity contribution in [3.8, 4) is 12.3 Å². The zero-order valence-electron chi connectivity index (χ0n) is 9.33. The molecule has 3 heteroatoms. The minimum absolute atomic E-state index is 0.0650. The first kappa shape index (κ1) is 11.4. The van der Waals surface area contributed by atoms with Crippen LogP contribution in [-0.4, -0.2) is 23.9 Å². The Balaban J connectivity index is 2.93. The maximum Gasteiger partial charge on any atom is 0.258 e. The number of aryl methyl sites for hydroxylation is 2. The molecule has 80 valence electrons. The first-order valence-corrected chi connectivity index (χ1v) is 4.90. The van der Waals surface area contributed by atoms with Crippen LogP contribution in [0.3, 0.4) is 0 Å². The van der Waals surface area contributed by atoms with E-state index in [-0.39, 0.29) is 5.91 Å². The first-order valence-electron chi connectivity index (χ1n) is 4.90. The minimum Gasteiger partial charge on any atom is -0.466 e. The van der Waals surface area contributed by atoms with Crippen molar-refractivity contribution in [2.24, 2.45) is 0 Å². The van der Waals surface area contributed by atoms with Crippen molar-refractivity contribution in [3.05, 3.63) is 23.2 Å². The van der Waals surface area contributed by atoms with Crippen molar-refractivity contribution < 1.29 is 9.21 Å². The Morgan fingerprint density at radius 2 is 2.27 bits per heavy atom. The van der Waals surface area contributed by atoms with Gasteiger partial charge in [-0.05, 0) is 26.8 Å². The van der Waals surface area contributed by atoms with Crippen LogP contribution in [0, 0.1) is 26.2 Å². The van der Waals surface area contributed by atoms with Crippen molar-refractivity contribution >= 4 is 5.91 Å². The summed E-state index contributed by atoms with van der Waals surface area (Å²) in [6, 6.07) is 1.75. The molecule has 15 heavy (non-hydrogen) atoms. The lowest BCUT2D eigenvalue weighted by Gasteiger charge is -2.17. The van der Waals surface area contributed by atoms with Crippen LogP contribution in [0.2, 0.25) is 0 Å². The average Bonchev–Trinajstić information content (AvgIpc) is 2.53. The minimum atomic E-state index is -0.0650. The van der Waals surface area contributed by atoms with E-state index in [9.17, 15) is 4.79 Å². The highest BCUT2D eigenvalue weighted by atomic mass is 16.3. The number of hydrogen-bond acceptors (Lipinski definition) is 2. The van der Waals surface area contributed by atoms with Gasteiger partial charge in [-0.2, -0.15) is 0 Å². The molecule has 1 amide bonds. The molecule has 0 saturated heterocycles. The van der Waals surface area contributed by atoms with Gasteiger partial charge in [-0.25, -0.2) is 0 Å². The van der Waals surface area contributed by atoms with Crippen LogP contribution in [0.5, 0.6) is 0 Å². The largest absolute Gasteiger partial charge is 0.466 e. The maximum absolute atomic E-state index is 12.0. The topological polar surface area (TPSA) is 33.5 Å². The summed E-state index contributed by atoms with van der Waals surface area (Å²) < 4.78 is 5.31. The molecular formula is C12H15NO2. The van der Waals surface area contributed by atoms with Gasteiger partial charge in [0.25, 0.3) is 5.91 Å². The van der Waals surface area contributed by atoms with Crippen molar-refractivity contribution in [3.63, 3.8) is 0 Å². The van der Waals surface area contributed by atoms with Crippen LogP contribution in [0.25, 0.3) is 0 Å². The second-order valence-corrected chi connectivity index (χ2v) is 3.35. The van der Waals surface area contributed by atoms with Crippen LogP contribution in [0.15, 0.2) is 10.5 Å². The lowest BCUT2D eigenvalue weighted by molar-refractivity contribution is 0.0783.